The smallest absolute Gasteiger partial charge is 0.416 e. The maximum Gasteiger partial charge on any atom is 0.416 e. The Morgan fingerprint density at radius 3 is 2.08 bits per heavy atom. The van der Waals surface area contributed by atoms with Gasteiger partial charge in [-0.3, -0.25) is 24.2 Å². The molecule has 3 rings (SSSR count). The molecule has 50 heavy (non-hydrogen) atoms. The van der Waals surface area contributed by atoms with Gasteiger partial charge in [-0.1, -0.05) is 24.3 Å². The van der Waals surface area contributed by atoms with Crippen molar-refractivity contribution >= 4 is 40.9 Å². The Labute approximate surface area is 290 Å². The first-order chi connectivity index (χ1) is 23.8. The van der Waals surface area contributed by atoms with Gasteiger partial charge >= 0.3 is 6.18 Å². The summed E-state index contributed by atoms with van der Waals surface area (Å²) in [5.41, 5.74) is 22.1. The van der Waals surface area contributed by atoms with Gasteiger partial charge in [0.05, 0.1) is 5.56 Å². The van der Waals surface area contributed by atoms with E-state index in [0.717, 1.165) is 23.5 Å². The van der Waals surface area contributed by atoms with Crippen LogP contribution in [0, 0.1) is 0 Å². The molecule has 3 atom stereocenters. The lowest BCUT2D eigenvalue weighted by molar-refractivity contribution is -0.137. The second kappa shape index (κ2) is 19.1. The molecule has 18 heteroatoms. The van der Waals surface area contributed by atoms with E-state index in [2.05, 4.69) is 25.9 Å². The lowest BCUT2D eigenvalue weighted by Gasteiger charge is -2.25. The first kappa shape index (κ1) is 39.2. The first-order valence-electron chi connectivity index (χ1n) is 15.5. The number of amides is 4. The highest BCUT2D eigenvalue weighted by atomic mass is 32.1. The molecule has 0 bridgehead atoms. The Kier molecular flexibility index (Phi) is 15.0. The predicted octanol–water partition coefficient (Wildman–Crippen LogP) is 1.85. The fourth-order valence-electron chi connectivity index (χ4n) is 4.64. The zero-order chi connectivity index (χ0) is 36.7. The Bertz CT molecular complexity index is 1580. The largest absolute Gasteiger partial charge is 0.489 e. The van der Waals surface area contributed by atoms with Gasteiger partial charge in [-0.2, -0.15) is 13.2 Å². The lowest BCUT2D eigenvalue weighted by atomic mass is 10.0. The summed E-state index contributed by atoms with van der Waals surface area (Å²) >= 11 is 1.09. The van der Waals surface area contributed by atoms with Crippen molar-refractivity contribution in [2.45, 2.75) is 63.0 Å². The maximum atomic E-state index is 13.5. The number of hydrogen-bond acceptors (Lipinski definition) is 9. The van der Waals surface area contributed by atoms with E-state index in [4.69, 9.17) is 27.7 Å². The van der Waals surface area contributed by atoms with Gasteiger partial charge in [0, 0.05) is 18.1 Å². The molecule has 1 heterocycles. The Morgan fingerprint density at radius 2 is 1.50 bits per heavy atom. The number of ether oxygens (including phenoxy) is 1. The summed E-state index contributed by atoms with van der Waals surface area (Å²) in [5, 5.41) is 9.67. The summed E-state index contributed by atoms with van der Waals surface area (Å²) in [6.45, 7) is 0.521. The van der Waals surface area contributed by atoms with Crippen LogP contribution in [0.2, 0.25) is 0 Å². The number of carbonyl (C=O) groups excluding carboxylic acids is 4. The molecule has 0 saturated heterocycles. The van der Waals surface area contributed by atoms with E-state index >= 15 is 0 Å². The topological polar surface area (TPSA) is 243 Å². The number of halogens is 3. The fourth-order valence-corrected chi connectivity index (χ4v) is 5.17. The van der Waals surface area contributed by atoms with E-state index in [0.29, 0.717) is 42.7 Å². The van der Waals surface area contributed by atoms with Crippen LogP contribution in [0.5, 0.6) is 5.75 Å². The third-order valence-electron chi connectivity index (χ3n) is 7.24. The Hall–Kier alpha value is -5.23. The molecule has 0 radical (unpaired) electrons. The predicted molar refractivity (Wildman–Crippen MR) is 180 cm³/mol. The number of nitrogens with two attached hydrogens (primary N) is 4. The minimum absolute atomic E-state index is 0.0166. The van der Waals surface area contributed by atoms with E-state index in [-0.39, 0.29) is 37.0 Å². The van der Waals surface area contributed by atoms with Gasteiger partial charge in [0.1, 0.15) is 30.5 Å². The number of aliphatic imine (C=N–C) groups is 1. The number of nitrogens with one attached hydrogen (secondary N) is 3. The van der Waals surface area contributed by atoms with Crippen LogP contribution in [0.25, 0.3) is 0 Å². The molecule has 0 aliphatic heterocycles. The Balaban J connectivity index is 1.70. The summed E-state index contributed by atoms with van der Waals surface area (Å²) in [6.07, 6.45) is -1.37. The van der Waals surface area contributed by atoms with Crippen LogP contribution in [0.3, 0.4) is 0 Å². The number of nitrogens with zero attached hydrogens (tertiary/aromatic N) is 2. The highest BCUT2D eigenvalue weighted by molar-refractivity contribution is 7.11. The quantitative estimate of drug-likeness (QED) is 0.0542. The minimum Gasteiger partial charge on any atom is -0.489 e. The zero-order valence-electron chi connectivity index (χ0n) is 26.9. The van der Waals surface area contributed by atoms with Crippen LogP contribution < -0.4 is 43.6 Å². The van der Waals surface area contributed by atoms with Crippen LogP contribution in [-0.4, -0.2) is 59.7 Å². The van der Waals surface area contributed by atoms with Crippen LogP contribution in [0.15, 0.2) is 65.1 Å². The van der Waals surface area contributed by atoms with E-state index in [1.807, 2.05) is 0 Å². The monoisotopic (exact) mass is 719 g/mol. The second-order valence-corrected chi connectivity index (χ2v) is 11.9. The second-order valence-electron chi connectivity index (χ2n) is 11.1. The summed E-state index contributed by atoms with van der Waals surface area (Å²) < 4.78 is 44.1. The van der Waals surface area contributed by atoms with Crippen molar-refractivity contribution in [2.24, 2.45) is 27.9 Å². The third kappa shape index (κ3) is 12.7. The van der Waals surface area contributed by atoms with Gasteiger partial charge in [0.2, 0.25) is 17.7 Å². The minimum atomic E-state index is -4.45. The molecule has 0 fully saturated rings. The van der Waals surface area contributed by atoms with E-state index in [1.165, 1.54) is 42.6 Å². The van der Waals surface area contributed by atoms with Crippen molar-refractivity contribution in [1.82, 2.24) is 20.9 Å². The number of aromatic nitrogens is 1. The average molecular weight is 720 g/mol. The molecule has 0 saturated carbocycles. The molecule has 0 aliphatic carbocycles. The molecular formula is C32H40F3N9O5S. The number of benzene rings is 2. The van der Waals surface area contributed by atoms with Gasteiger partial charge in [-0.15, -0.1) is 11.3 Å². The van der Waals surface area contributed by atoms with Gasteiger partial charge in [-0.25, -0.2) is 4.98 Å². The number of hydrogen-bond donors (Lipinski definition) is 7. The highest BCUT2D eigenvalue weighted by Crippen LogP contribution is 2.29. The Morgan fingerprint density at radius 1 is 0.860 bits per heavy atom. The van der Waals surface area contributed by atoms with Crippen molar-refractivity contribution in [3.05, 3.63) is 81.8 Å². The number of rotatable bonds is 19. The lowest BCUT2D eigenvalue weighted by Crippen LogP contribution is -2.54. The van der Waals surface area contributed by atoms with Gasteiger partial charge in [0.25, 0.3) is 5.91 Å². The number of unbranched alkanes of at least 4 members (excludes halogenated alkanes) is 1. The third-order valence-corrected chi connectivity index (χ3v) is 8.02. The van der Waals surface area contributed by atoms with Crippen LogP contribution in [0.1, 0.15) is 64.6 Å². The van der Waals surface area contributed by atoms with Gasteiger partial charge in [-0.05, 0) is 74.0 Å². The first-order valence-corrected chi connectivity index (χ1v) is 16.4. The molecule has 14 nitrogen and oxygen atoms in total. The number of thiazole rings is 1. The van der Waals surface area contributed by atoms with Crippen molar-refractivity contribution in [3.63, 3.8) is 0 Å². The van der Waals surface area contributed by atoms with Crippen molar-refractivity contribution in [2.75, 3.05) is 13.1 Å². The molecule has 0 aliphatic rings. The molecule has 0 spiro atoms. The molecule has 11 N–H and O–H groups in total. The SMILES string of the molecule is NCCCC[C@H](NC(=O)[C@H](CCCN=C(N)N)NC(=O)c1nccs1)C(=O)N[C@@H](C(N)=O)c1ccc(OCc2ccc(C(F)(F)F)cc2)cc1. The summed E-state index contributed by atoms with van der Waals surface area (Å²) in [7, 11) is 0. The van der Waals surface area contributed by atoms with Crippen LogP contribution >= 0.6 is 11.3 Å². The number of primary amides is 1. The van der Waals surface area contributed by atoms with Crippen LogP contribution in [0.4, 0.5) is 13.2 Å². The summed E-state index contributed by atoms with van der Waals surface area (Å²) in [4.78, 5) is 60.1. The summed E-state index contributed by atoms with van der Waals surface area (Å²) in [6, 6.07) is 7.07. The van der Waals surface area contributed by atoms with Crippen molar-refractivity contribution < 1.29 is 37.1 Å². The highest BCUT2D eigenvalue weighted by Gasteiger charge is 2.31. The van der Waals surface area contributed by atoms with E-state index < -0.39 is 53.5 Å². The van der Waals surface area contributed by atoms with Gasteiger partial charge in [0.15, 0.2) is 11.0 Å². The fraction of sp³-hybridized carbons (Fsp3) is 0.375. The molecule has 3 aromatic rings. The van der Waals surface area contributed by atoms with Crippen molar-refractivity contribution in [3.8, 4) is 5.75 Å². The number of alkyl halides is 3. The number of guanidine groups is 1. The zero-order valence-corrected chi connectivity index (χ0v) is 27.8. The molecular weight excluding hydrogens is 679 g/mol. The van der Waals surface area contributed by atoms with Crippen molar-refractivity contribution in [1.29, 1.82) is 0 Å². The maximum absolute atomic E-state index is 13.5. The van der Waals surface area contributed by atoms with Crippen LogP contribution in [-0.2, 0) is 27.2 Å². The normalized spacial score (nSPS) is 13.0. The van der Waals surface area contributed by atoms with E-state index in [1.54, 1.807) is 5.38 Å². The molecule has 270 valence electrons. The van der Waals surface area contributed by atoms with Gasteiger partial charge < -0.3 is 43.6 Å². The number of carbonyl (C=O) groups is 4. The summed E-state index contributed by atoms with van der Waals surface area (Å²) in [5.74, 6) is -2.59. The van der Waals surface area contributed by atoms with E-state index in [9.17, 15) is 32.3 Å². The molecule has 0 unspecified atom stereocenters. The standard InChI is InChI=1S/C32H40F3N9O5S/c33-32(34,35)21-10-6-19(7-11-21)18-49-22-12-8-20(9-13-22)25(26(37)45)44-28(47)23(4-1-2-14-36)42-27(46)24(5-3-15-41-31(38)39)43-29(48)30-40-16-17-50-30/h6-13,16-17,23-25H,1-5,14-15,18,36H2,(H2,37,45)(H,42,46)(H,43,48)(H,44,47)(H4,38,39,41)/t23-,24-,25+/m0/s1. The average Bonchev–Trinajstić information content (AvgIpc) is 3.62. The molecule has 1 aromatic heterocycles. The molecule has 2 aromatic carbocycles. The molecule has 4 amide bonds.